The minimum atomic E-state index is -0.461. The summed E-state index contributed by atoms with van der Waals surface area (Å²) in [4.78, 5) is 48.8. The first-order valence-corrected chi connectivity index (χ1v) is 10.2. The molecule has 160 valence electrons. The fourth-order valence-electron chi connectivity index (χ4n) is 3.19. The maximum Gasteiger partial charge on any atom is 0.233 e. The molecule has 7 heteroatoms. The summed E-state index contributed by atoms with van der Waals surface area (Å²) in [6.07, 6.45) is 2.16. The molecule has 1 aliphatic heterocycles. The zero-order valence-corrected chi connectivity index (χ0v) is 18.2. The van der Waals surface area contributed by atoms with Gasteiger partial charge in [0, 0.05) is 43.9 Å². The fourth-order valence-corrected chi connectivity index (χ4v) is 3.19. The minimum absolute atomic E-state index is 0.00324. The van der Waals surface area contributed by atoms with Crippen molar-refractivity contribution in [3.63, 3.8) is 0 Å². The number of hydrogen-bond acceptors (Lipinski definition) is 5. The van der Waals surface area contributed by atoms with Gasteiger partial charge in [0.1, 0.15) is 5.78 Å². The Hall–Kier alpha value is -1.76. The molecule has 1 saturated heterocycles. The zero-order chi connectivity index (χ0) is 21.5. The Morgan fingerprint density at radius 1 is 1.21 bits per heavy atom. The van der Waals surface area contributed by atoms with E-state index in [9.17, 15) is 19.2 Å². The maximum absolute atomic E-state index is 12.3. The third kappa shape index (κ3) is 8.09. The average Bonchev–Trinajstić information content (AvgIpc) is 2.85. The molecule has 1 aliphatic rings. The van der Waals surface area contributed by atoms with Crippen LogP contribution < -0.4 is 5.32 Å². The number of ether oxygens (including phenoxy) is 1. The summed E-state index contributed by atoms with van der Waals surface area (Å²) in [5.41, 5.74) is -0.461. The largest absolute Gasteiger partial charge is 0.378 e. The fraction of sp³-hybridized carbons (Fsp3) is 0.810. The van der Waals surface area contributed by atoms with Gasteiger partial charge in [0.2, 0.25) is 17.7 Å². The number of rotatable bonds is 12. The standard InChI is InChI=1S/C21H36N2O5/c1-14(2)17-13-19(26)23(20(17)27)11-9-18(25)22-21(5,6)10-12-28-16(4)8-7-15(3)24/h14,16-17H,7-13H2,1-6H3,(H,22,25). The van der Waals surface area contributed by atoms with E-state index in [0.717, 1.165) is 0 Å². The first-order chi connectivity index (χ1) is 12.9. The maximum atomic E-state index is 12.3. The van der Waals surface area contributed by atoms with Gasteiger partial charge < -0.3 is 14.8 Å². The van der Waals surface area contributed by atoms with E-state index in [0.29, 0.717) is 25.9 Å². The molecule has 0 bridgehead atoms. The number of carbonyl (C=O) groups excluding carboxylic acids is 4. The van der Waals surface area contributed by atoms with E-state index in [2.05, 4.69) is 5.32 Å². The van der Waals surface area contributed by atoms with E-state index < -0.39 is 5.54 Å². The monoisotopic (exact) mass is 396 g/mol. The SMILES string of the molecule is CC(=O)CCC(C)OCCC(C)(C)NC(=O)CCN1C(=O)CC(C(C)C)C1=O. The predicted molar refractivity (Wildman–Crippen MR) is 106 cm³/mol. The summed E-state index contributed by atoms with van der Waals surface area (Å²) >= 11 is 0. The molecule has 0 spiro atoms. The number of imide groups is 1. The molecule has 3 amide bonds. The van der Waals surface area contributed by atoms with Crippen LogP contribution in [0.15, 0.2) is 0 Å². The van der Waals surface area contributed by atoms with Crippen LogP contribution in [0.2, 0.25) is 0 Å². The van der Waals surface area contributed by atoms with E-state index in [1.54, 1.807) is 6.92 Å². The van der Waals surface area contributed by atoms with Crippen molar-refractivity contribution in [1.29, 1.82) is 0 Å². The van der Waals surface area contributed by atoms with E-state index in [1.807, 2.05) is 34.6 Å². The number of nitrogens with zero attached hydrogens (tertiary/aromatic N) is 1. The first-order valence-electron chi connectivity index (χ1n) is 10.2. The second-order valence-electron chi connectivity index (χ2n) is 8.79. The van der Waals surface area contributed by atoms with E-state index >= 15 is 0 Å². The molecule has 1 N–H and O–H groups in total. The van der Waals surface area contributed by atoms with Crippen LogP contribution >= 0.6 is 0 Å². The molecular formula is C21H36N2O5. The lowest BCUT2D eigenvalue weighted by Crippen LogP contribution is -2.45. The Balaban J connectivity index is 2.36. The Morgan fingerprint density at radius 2 is 1.86 bits per heavy atom. The predicted octanol–water partition coefficient (Wildman–Crippen LogP) is 2.47. The molecule has 28 heavy (non-hydrogen) atoms. The summed E-state index contributed by atoms with van der Waals surface area (Å²) in [5, 5.41) is 2.95. The molecule has 0 aromatic heterocycles. The Morgan fingerprint density at radius 3 is 2.39 bits per heavy atom. The molecule has 2 atom stereocenters. The van der Waals surface area contributed by atoms with Crippen LogP contribution in [0.4, 0.5) is 0 Å². The Labute approximate surface area is 168 Å². The molecule has 2 unspecified atom stereocenters. The molecule has 0 aromatic carbocycles. The lowest BCUT2D eigenvalue weighted by Gasteiger charge is -2.27. The van der Waals surface area contributed by atoms with Crippen molar-refractivity contribution in [3.8, 4) is 0 Å². The average molecular weight is 397 g/mol. The van der Waals surface area contributed by atoms with Crippen LogP contribution in [-0.4, -0.2) is 53.2 Å². The first kappa shape index (κ1) is 24.3. The second-order valence-corrected chi connectivity index (χ2v) is 8.79. The molecule has 1 rings (SSSR count). The highest BCUT2D eigenvalue weighted by Gasteiger charge is 2.39. The molecule has 0 aliphatic carbocycles. The summed E-state index contributed by atoms with van der Waals surface area (Å²) in [7, 11) is 0. The summed E-state index contributed by atoms with van der Waals surface area (Å²) < 4.78 is 5.71. The van der Waals surface area contributed by atoms with Crippen LogP contribution in [0.25, 0.3) is 0 Å². The van der Waals surface area contributed by atoms with Gasteiger partial charge in [0.15, 0.2) is 0 Å². The van der Waals surface area contributed by atoms with Crippen LogP contribution in [0.5, 0.6) is 0 Å². The number of carbonyl (C=O) groups is 4. The van der Waals surface area contributed by atoms with Crippen molar-refractivity contribution in [1.82, 2.24) is 10.2 Å². The quantitative estimate of drug-likeness (QED) is 0.512. The van der Waals surface area contributed by atoms with E-state index in [4.69, 9.17) is 4.74 Å². The lowest BCUT2D eigenvalue weighted by atomic mass is 9.94. The highest BCUT2D eigenvalue weighted by atomic mass is 16.5. The van der Waals surface area contributed by atoms with Gasteiger partial charge in [-0.2, -0.15) is 0 Å². The van der Waals surface area contributed by atoms with Gasteiger partial charge >= 0.3 is 0 Å². The smallest absolute Gasteiger partial charge is 0.233 e. The van der Waals surface area contributed by atoms with Gasteiger partial charge in [-0.15, -0.1) is 0 Å². The highest BCUT2D eigenvalue weighted by Crippen LogP contribution is 2.26. The number of likely N-dealkylation sites (tertiary alicyclic amines) is 1. The molecule has 7 nitrogen and oxygen atoms in total. The summed E-state index contributed by atoms with van der Waals surface area (Å²) in [6, 6.07) is 0. The van der Waals surface area contributed by atoms with E-state index in [-0.39, 0.29) is 60.8 Å². The van der Waals surface area contributed by atoms with Gasteiger partial charge in [0.05, 0.1) is 6.10 Å². The van der Waals surface area contributed by atoms with Crippen LogP contribution in [0.3, 0.4) is 0 Å². The number of nitrogens with one attached hydrogen (secondary N) is 1. The van der Waals surface area contributed by atoms with Crippen molar-refractivity contribution in [2.45, 2.75) is 85.3 Å². The molecular weight excluding hydrogens is 360 g/mol. The van der Waals surface area contributed by atoms with Gasteiger partial charge in [-0.25, -0.2) is 0 Å². The second kappa shape index (κ2) is 10.7. The molecule has 0 aromatic rings. The number of hydrogen-bond donors (Lipinski definition) is 1. The minimum Gasteiger partial charge on any atom is -0.378 e. The Kier molecular flexibility index (Phi) is 9.27. The third-order valence-electron chi connectivity index (χ3n) is 5.16. The van der Waals surface area contributed by atoms with E-state index in [1.165, 1.54) is 4.90 Å². The topological polar surface area (TPSA) is 92.8 Å². The van der Waals surface area contributed by atoms with Crippen molar-refractivity contribution in [2.24, 2.45) is 11.8 Å². The normalized spacial score (nSPS) is 18.7. The lowest BCUT2D eigenvalue weighted by molar-refractivity contribution is -0.140. The van der Waals surface area contributed by atoms with Crippen LogP contribution in [0.1, 0.15) is 73.6 Å². The Bertz CT molecular complexity index is 585. The van der Waals surface area contributed by atoms with Crippen LogP contribution in [0, 0.1) is 11.8 Å². The van der Waals surface area contributed by atoms with Crippen LogP contribution in [-0.2, 0) is 23.9 Å². The molecule has 1 heterocycles. The summed E-state index contributed by atoms with van der Waals surface area (Å²) in [5.74, 6) is -0.550. The van der Waals surface area contributed by atoms with Crippen molar-refractivity contribution >= 4 is 23.5 Å². The number of Topliss-reactive ketones (excluding diaryl/α,β-unsaturated/α-hetero) is 1. The molecule has 0 saturated carbocycles. The van der Waals surface area contributed by atoms with Crippen molar-refractivity contribution in [2.75, 3.05) is 13.2 Å². The number of amides is 3. The molecule has 1 fully saturated rings. The van der Waals surface area contributed by atoms with Gasteiger partial charge in [-0.3, -0.25) is 19.3 Å². The zero-order valence-electron chi connectivity index (χ0n) is 18.2. The van der Waals surface area contributed by atoms with Crippen molar-refractivity contribution < 1.29 is 23.9 Å². The number of ketones is 1. The summed E-state index contributed by atoms with van der Waals surface area (Å²) in [6.45, 7) is 11.8. The van der Waals surface area contributed by atoms with Gasteiger partial charge in [-0.1, -0.05) is 13.8 Å². The van der Waals surface area contributed by atoms with Crippen molar-refractivity contribution in [3.05, 3.63) is 0 Å². The van der Waals surface area contributed by atoms with Gasteiger partial charge in [0.25, 0.3) is 0 Å². The third-order valence-corrected chi connectivity index (χ3v) is 5.16. The molecule has 0 radical (unpaired) electrons. The highest BCUT2D eigenvalue weighted by molar-refractivity contribution is 6.03. The van der Waals surface area contributed by atoms with Gasteiger partial charge in [-0.05, 0) is 46.5 Å².